The van der Waals surface area contributed by atoms with E-state index in [2.05, 4.69) is 26.0 Å². The molecule has 98 valence electrons. The van der Waals surface area contributed by atoms with E-state index < -0.39 is 6.29 Å². The van der Waals surface area contributed by atoms with Gasteiger partial charge in [0.05, 0.1) is 5.02 Å². The highest BCUT2D eigenvalue weighted by Crippen LogP contribution is 2.33. The molecular weight excluding hydrogens is 332 g/mol. The Morgan fingerprint density at radius 3 is 2.79 bits per heavy atom. The molecule has 3 rings (SSSR count). The minimum atomic E-state index is -0.419. The highest BCUT2D eigenvalue weighted by atomic mass is 79.9. The number of ether oxygens (including phenoxy) is 2. The standard InChI is InChI=1S/C11H10BBrClN3O2/c1-5-18-11(19-5)8-3-9(12)16-17(8)10-7(14)2-6(13)4-15-10/h2-5,11H,12H2,1H3. The number of aromatic nitrogens is 3. The van der Waals surface area contributed by atoms with Crippen molar-refractivity contribution in [3.8, 4) is 5.82 Å². The van der Waals surface area contributed by atoms with Crippen LogP contribution in [0.15, 0.2) is 22.8 Å². The number of nitrogens with zero attached hydrogens (tertiary/aromatic N) is 3. The van der Waals surface area contributed by atoms with Crippen molar-refractivity contribution in [2.75, 3.05) is 0 Å². The van der Waals surface area contributed by atoms with E-state index in [1.165, 1.54) is 0 Å². The second-order valence-corrected chi connectivity index (χ2v) is 5.58. The lowest BCUT2D eigenvalue weighted by Gasteiger charge is -2.33. The van der Waals surface area contributed by atoms with Gasteiger partial charge in [-0.05, 0) is 35.0 Å². The van der Waals surface area contributed by atoms with E-state index >= 15 is 0 Å². The average molecular weight is 342 g/mol. The zero-order valence-corrected chi connectivity index (χ0v) is 12.6. The average Bonchev–Trinajstić information content (AvgIpc) is 2.66. The summed E-state index contributed by atoms with van der Waals surface area (Å²) < 4.78 is 13.5. The van der Waals surface area contributed by atoms with Crippen molar-refractivity contribution in [1.82, 2.24) is 14.8 Å². The molecule has 2 aromatic rings. The van der Waals surface area contributed by atoms with Crippen molar-refractivity contribution in [3.05, 3.63) is 33.5 Å². The summed E-state index contributed by atoms with van der Waals surface area (Å²) in [6.45, 7) is 1.84. The molecule has 0 amide bonds. The lowest BCUT2D eigenvalue weighted by atomic mass is 10.1. The molecule has 3 heterocycles. The van der Waals surface area contributed by atoms with Crippen LogP contribution in [-0.4, -0.2) is 28.9 Å². The van der Waals surface area contributed by atoms with Gasteiger partial charge in [-0.15, -0.1) is 0 Å². The van der Waals surface area contributed by atoms with E-state index in [1.54, 1.807) is 16.9 Å². The fourth-order valence-corrected chi connectivity index (χ4v) is 2.63. The molecule has 5 nitrogen and oxygen atoms in total. The molecule has 8 heteroatoms. The van der Waals surface area contributed by atoms with Crippen molar-refractivity contribution in [1.29, 1.82) is 0 Å². The van der Waals surface area contributed by atoms with Crippen molar-refractivity contribution in [3.63, 3.8) is 0 Å². The molecule has 0 saturated carbocycles. The third kappa shape index (κ3) is 2.43. The first-order chi connectivity index (χ1) is 9.04. The fourth-order valence-electron chi connectivity index (χ4n) is 1.92. The summed E-state index contributed by atoms with van der Waals surface area (Å²) in [5.41, 5.74) is 1.63. The van der Waals surface area contributed by atoms with Gasteiger partial charge in [0.15, 0.2) is 20.0 Å². The first-order valence-corrected chi connectivity index (χ1v) is 6.90. The van der Waals surface area contributed by atoms with Crippen LogP contribution in [0.1, 0.15) is 18.9 Å². The van der Waals surface area contributed by atoms with Gasteiger partial charge in [-0.1, -0.05) is 11.6 Å². The summed E-state index contributed by atoms with van der Waals surface area (Å²) in [4.78, 5) is 4.29. The first-order valence-electron chi connectivity index (χ1n) is 5.73. The molecule has 1 fully saturated rings. The van der Waals surface area contributed by atoms with E-state index in [-0.39, 0.29) is 6.29 Å². The van der Waals surface area contributed by atoms with Gasteiger partial charge in [0.1, 0.15) is 5.69 Å². The van der Waals surface area contributed by atoms with E-state index in [9.17, 15) is 0 Å². The minimum Gasteiger partial charge on any atom is -0.318 e. The van der Waals surface area contributed by atoms with Crippen LogP contribution >= 0.6 is 27.5 Å². The normalized spacial score (nSPS) is 22.3. The third-order valence-corrected chi connectivity index (χ3v) is 3.43. The molecule has 0 spiro atoms. The van der Waals surface area contributed by atoms with Gasteiger partial charge >= 0.3 is 0 Å². The summed E-state index contributed by atoms with van der Waals surface area (Å²) in [5.74, 6) is 0.555. The molecule has 0 unspecified atom stereocenters. The topological polar surface area (TPSA) is 49.2 Å². The molecule has 2 aromatic heterocycles. The summed E-state index contributed by atoms with van der Waals surface area (Å²) in [6, 6.07) is 3.67. The van der Waals surface area contributed by atoms with E-state index in [0.717, 1.165) is 15.8 Å². The maximum Gasteiger partial charge on any atom is 0.206 e. The molecule has 1 saturated heterocycles. The third-order valence-electron chi connectivity index (χ3n) is 2.72. The Labute approximate surface area is 124 Å². The Kier molecular flexibility index (Phi) is 3.38. The fraction of sp³-hybridized carbons (Fsp3) is 0.273. The maximum absolute atomic E-state index is 6.20. The smallest absolute Gasteiger partial charge is 0.206 e. The van der Waals surface area contributed by atoms with Gasteiger partial charge in [-0.25, -0.2) is 9.67 Å². The molecule has 0 bridgehead atoms. The lowest BCUT2D eigenvalue weighted by molar-refractivity contribution is -0.384. The number of pyridine rings is 1. The van der Waals surface area contributed by atoms with Crippen molar-refractivity contribution >= 4 is 41.0 Å². The first kappa shape index (κ1) is 13.1. The van der Waals surface area contributed by atoms with E-state index in [0.29, 0.717) is 10.8 Å². The quantitative estimate of drug-likeness (QED) is 0.773. The Morgan fingerprint density at radius 1 is 1.42 bits per heavy atom. The number of rotatable bonds is 2. The number of hydrogen-bond acceptors (Lipinski definition) is 4. The zero-order chi connectivity index (χ0) is 13.6. The van der Waals surface area contributed by atoms with Crippen LogP contribution in [0.25, 0.3) is 5.82 Å². The Hall–Kier alpha value is -0.885. The SMILES string of the molecule is Bc1cc(C2OC(C)O2)n(-c2ncc(Br)cc2Cl)n1. The molecule has 1 aliphatic rings. The van der Waals surface area contributed by atoms with Gasteiger partial charge in [0.25, 0.3) is 0 Å². The molecule has 0 radical (unpaired) electrons. The zero-order valence-electron chi connectivity index (χ0n) is 10.3. The predicted molar refractivity (Wildman–Crippen MR) is 76.6 cm³/mol. The van der Waals surface area contributed by atoms with Crippen molar-refractivity contribution < 1.29 is 9.47 Å². The molecule has 19 heavy (non-hydrogen) atoms. The van der Waals surface area contributed by atoms with Crippen LogP contribution in [0, 0.1) is 0 Å². The second kappa shape index (κ2) is 4.90. The predicted octanol–water partition coefficient (Wildman–Crippen LogP) is 1.33. The Bertz CT molecular complexity index is 630. The van der Waals surface area contributed by atoms with Crippen LogP contribution in [0.5, 0.6) is 0 Å². The number of halogens is 2. The summed E-state index contributed by atoms with van der Waals surface area (Å²) in [5, 5.41) is 4.90. The van der Waals surface area contributed by atoms with Gasteiger partial charge in [-0.2, -0.15) is 5.10 Å². The highest BCUT2D eigenvalue weighted by molar-refractivity contribution is 9.10. The van der Waals surface area contributed by atoms with Crippen molar-refractivity contribution in [2.45, 2.75) is 19.5 Å². The monoisotopic (exact) mass is 341 g/mol. The molecule has 0 atom stereocenters. The highest BCUT2D eigenvalue weighted by Gasteiger charge is 2.32. The lowest BCUT2D eigenvalue weighted by Crippen LogP contribution is -2.33. The Balaban J connectivity index is 2.04. The van der Waals surface area contributed by atoms with Gasteiger partial charge in [0, 0.05) is 16.3 Å². The second-order valence-electron chi connectivity index (χ2n) is 4.25. The van der Waals surface area contributed by atoms with Gasteiger partial charge in [-0.3, -0.25) is 0 Å². The number of hydrogen-bond donors (Lipinski definition) is 0. The summed E-state index contributed by atoms with van der Waals surface area (Å²) in [6.07, 6.45) is 1.06. The van der Waals surface area contributed by atoms with Crippen LogP contribution in [-0.2, 0) is 9.47 Å². The largest absolute Gasteiger partial charge is 0.318 e. The molecule has 0 aliphatic carbocycles. The maximum atomic E-state index is 6.20. The van der Waals surface area contributed by atoms with Crippen LogP contribution in [0.3, 0.4) is 0 Å². The summed E-state index contributed by atoms with van der Waals surface area (Å²) in [7, 11) is 1.90. The van der Waals surface area contributed by atoms with Gasteiger partial charge in [0.2, 0.25) is 6.29 Å². The molecular formula is C11H10BBrClN3O2. The molecule has 0 N–H and O–H groups in total. The van der Waals surface area contributed by atoms with Gasteiger partial charge < -0.3 is 9.47 Å². The van der Waals surface area contributed by atoms with E-state index in [4.69, 9.17) is 21.1 Å². The van der Waals surface area contributed by atoms with Crippen molar-refractivity contribution in [2.24, 2.45) is 0 Å². The summed E-state index contributed by atoms with van der Waals surface area (Å²) >= 11 is 9.53. The van der Waals surface area contributed by atoms with E-state index in [1.807, 2.05) is 20.8 Å². The molecule has 0 aromatic carbocycles. The van der Waals surface area contributed by atoms with Crippen LogP contribution in [0.2, 0.25) is 5.02 Å². The van der Waals surface area contributed by atoms with Crippen LogP contribution in [0.4, 0.5) is 0 Å². The van der Waals surface area contributed by atoms with Crippen LogP contribution < -0.4 is 5.59 Å². The minimum absolute atomic E-state index is 0.193. The Morgan fingerprint density at radius 2 is 2.16 bits per heavy atom. The molecule has 1 aliphatic heterocycles.